The maximum Gasteiger partial charge on any atom is 0.441 e. The summed E-state index contributed by atoms with van der Waals surface area (Å²) >= 11 is 0.121. The molecule has 0 bridgehead atoms. The Morgan fingerprint density at radius 3 is 2.44 bits per heavy atom. The molecular weight excluding hydrogens is 235 g/mol. The van der Waals surface area contributed by atoms with Gasteiger partial charge in [-0.25, -0.2) is 0 Å². The maximum atomic E-state index is 11.9. The van der Waals surface area contributed by atoms with Crippen molar-refractivity contribution in [1.29, 1.82) is 0 Å². The van der Waals surface area contributed by atoms with E-state index in [1.807, 2.05) is 0 Å². The van der Waals surface area contributed by atoms with Crippen LogP contribution in [0.3, 0.4) is 0 Å². The fourth-order valence-corrected chi connectivity index (χ4v) is 2.73. The van der Waals surface area contributed by atoms with E-state index in [1.165, 1.54) is 6.42 Å². The van der Waals surface area contributed by atoms with Crippen molar-refractivity contribution in [3.63, 3.8) is 0 Å². The normalized spacial score (nSPS) is 25.5. The molecule has 2 atom stereocenters. The highest BCUT2D eigenvalue weighted by atomic mass is 32.2. The van der Waals surface area contributed by atoms with E-state index in [0.717, 1.165) is 25.9 Å². The Kier molecular flexibility index (Phi) is 5.97. The minimum absolute atomic E-state index is 0.121. The quantitative estimate of drug-likeness (QED) is 0.697. The van der Waals surface area contributed by atoms with E-state index in [-0.39, 0.29) is 17.5 Å². The van der Waals surface area contributed by atoms with Crippen molar-refractivity contribution >= 4 is 11.8 Å². The van der Waals surface area contributed by atoms with Crippen LogP contribution < -0.4 is 5.32 Å². The van der Waals surface area contributed by atoms with E-state index in [4.69, 9.17) is 0 Å². The lowest BCUT2D eigenvalue weighted by molar-refractivity contribution is -0.0329. The van der Waals surface area contributed by atoms with Crippen LogP contribution in [-0.4, -0.2) is 24.4 Å². The first-order valence-corrected chi connectivity index (χ1v) is 6.93. The molecule has 1 aliphatic carbocycles. The second-order valence-corrected chi connectivity index (χ2v) is 5.54. The lowest BCUT2D eigenvalue weighted by Gasteiger charge is -2.37. The lowest BCUT2D eigenvalue weighted by atomic mass is 9.72. The zero-order valence-corrected chi connectivity index (χ0v) is 10.5. The van der Waals surface area contributed by atoms with Gasteiger partial charge in [0.15, 0.2) is 0 Å². The van der Waals surface area contributed by atoms with Gasteiger partial charge in [-0.3, -0.25) is 0 Å². The molecule has 16 heavy (non-hydrogen) atoms. The van der Waals surface area contributed by atoms with Crippen molar-refractivity contribution < 1.29 is 13.2 Å². The first-order chi connectivity index (χ1) is 7.53. The third kappa shape index (κ3) is 5.43. The molecule has 0 heterocycles. The molecule has 1 fully saturated rings. The van der Waals surface area contributed by atoms with E-state index < -0.39 is 5.51 Å². The second kappa shape index (κ2) is 6.74. The van der Waals surface area contributed by atoms with Gasteiger partial charge in [0.1, 0.15) is 0 Å². The van der Waals surface area contributed by atoms with Crippen molar-refractivity contribution in [2.24, 2.45) is 11.8 Å². The van der Waals surface area contributed by atoms with Crippen molar-refractivity contribution in [3.05, 3.63) is 0 Å². The summed E-state index contributed by atoms with van der Waals surface area (Å²) in [7, 11) is 0. The van der Waals surface area contributed by atoms with E-state index in [1.54, 1.807) is 0 Å². The Balaban J connectivity index is 2.04. The van der Waals surface area contributed by atoms with Crippen LogP contribution >= 0.6 is 11.8 Å². The minimum atomic E-state index is -4.06. The van der Waals surface area contributed by atoms with Crippen LogP contribution in [0.4, 0.5) is 13.2 Å². The number of nitrogens with one attached hydrogen (secondary N) is 1. The molecule has 1 saturated carbocycles. The van der Waals surface area contributed by atoms with Crippen LogP contribution in [-0.2, 0) is 0 Å². The molecule has 1 aliphatic rings. The van der Waals surface area contributed by atoms with Crippen molar-refractivity contribution in [2.75, 3.05) is 18.8 Å². The number of halogens is 3. The maximum absolute atomic E-state index is 11.9. The van der Waals surface area contributed by atoms with Gasteiger partial charge in [-0.05, 0) is 50.6 Å². The van der Waals surface area contributed by atoms with Gasteiger partial charge in [-0.1, -0.05) is 18.7 Å². The molecule has 0 aliphatic heterocycles. The summed E-state index contributed by atoms with van der Waals surface area (Å²) < 4.78 is 35.8. The van der Waals surface area contributed by atoms with E-state index in [9.17, 15) is 13.2 Å². The largest absolute Gasteiger partial charge is 0.441 e. The molecule has 0 aromatic carbocycles. The van der Waals surface area contributed by atoms with Gasteiger partial charge in [0.2, 0.25) is 0 Å². The van der Waals surface area contributed by atoms with Crippen molar-refractivity contribution in [3.8, 4) is 0 Å². The molecule has 1 N–H and O–H groups in total. The van der Waals surface area contributed by atoms with Gasteiger partial charge in [-0.2, -0.15) is 13.2 Å². The molecule has 0 aromatic rings. The Labute approximate surface area is 99.6 Å². The molecule has 96 valence electrons. The third-order valence-corrected chi connectivity index (χ3v) is 3.93. The Morgan fingerprint density at radius 2 is 1.94 bits per heavy atom. The van der Waals surface area contributed by atoms with Crippen LogP contribution in [0.2, 0.25) is 0 Å². The average molecular weight is 255 g/mol. The monoisotopic (exact) mass is 255 g/mol. The number of rotatable bonds is 7. The van der Waals surface area contributed by atoms with Crippen LogP contribution in [0.1, 0.15) is 32.6 Å². The predicted molar refractivity (Wildman–Crippen MR) is 62.5 cm³/mol. The molecule has 1 rings (SSSR count). The lowest BCUT2D eigenvalue weighted by Crippen LogP contribution is -2.35. The van der Waals surface area contributed by atoms with Gasteiger partial charge >= 0.3 is 5.51 Å². The summed E-state index contributed by atoms with van der Waals surface area (Å²) in [6, 6.07) is 0. The van der Waals surface area contributed by atoms with Gasteiger partial charge in [0.25, 0.3) is 0 Å². The summed E-state index contributed by atoms with van der Waals surface area (Å²) in [5.41, 5.74) is -4.06. The molecule has 0 amide bonds. The summed E-state index contributed by atoms with van der Waals surface area (Å²) in [6.07, 6.45) is 4.11. The van der Waals surface area contributed by atoms with Crippen molar-refractivity contribution in [1.82, 2.24) is 5.32 Å². The topological polar surface area (TPSA) is 12.0 Å². The zero-order chi connectivity index (χ0) is 12.0. The highest BCUT2D eigenvalue weighted by Gasteiger charge is 2.32. The fraction of sp³-hybridized carbons (Fsp3) is 1.00. The summed E-state index contributed by atoms with van der Waals surface area (Å²) in [5.74, 6) is 1.35. The number of hydrogen-bond acceptors (Lipinski definition) is 2. The molecule has 1 nitrogen and oxygen atoms in total. The first-order valence-electron chi connectivity index (χ1n) is 5.94. The zero-order valence-electron chi connectivity index (χ0n) is 9.65. The highest BCUT2D eigenvalue weighted by Crippen LogP contribution is 2.39. The van der Waals surface area contributed by atoms with Crippen LogP contribution in [0.15, 0.2) is 0 Å². The van der Waals surface area contributed by atoms with Crippen LogP contribution in [0.5, 0.6) is 0 Å². The summed E-state index contributed by atoms with van der Waals surface area (Å²) in [4.78, 5) is 0. The van der Waals surface area contributed by atoms with Gasteiger partial charge in [0, 0.05) is 5.75 Å². The smallest absolute Gasteiger partial charge is 0.316 e. The average Bonchev–Trinajstić information content (AvgIpc) is 2.16. The molecule has 0 saturated heterocycles. The SMILES string of the molecule is CCCNCC1CCC1CCSC(F)(F)F. The number of alkyl halides is 3. The molecule has 0 aromatic heterocycles. The molecule has 0 spiro atoms. The van der Waals surface area contributed by atoms with Crippen LogP contribution in [0.25, 0.3) is 0 Å². The molecule has 2 unspecified atom stereocenters. The van der Waals surface area contributed by atoms with Gasteiger partial charge in [0.05, 0.1) is 0 Å². The highest BCUT2D eigenvalue weighted by molar-refractivity contribution is 8.00. The third-order valence-electron chi connectivity index (χ3n) is 3.16. The van der Waals surface area contributed by atoms with Gasteiger partial charge < -0.3 is 5.32 Å². The molecule has 5 heteroatoms. The standard InChI is InChI=1S/C11H20F3NS/c1-2-6-15-8-10-4-3-9(10)5-7-16-11(12,13)14/h9-10,15H,2-8H2,1H3. The fourth-order valence-electron chi connectivity index (χ4n) is 2.08. The molecular formula is C11H20F3NS. The van der Waals surface area contributed by atoms with E-state index >= 15 is 0 Å². The Bertz CT molecular complexity index is 196. The summed E-state index contributed by atoms with van der Waals surface area (Å²) in [6.45, 7) is 4.11. The van der Waals surface area contributed by atoms with E-state index in [0.29, 0.717) is 18.3 Å². The second-order valence-electron chi connectivity index (χ2n) is 4.38. The summed E-state index contributed by atoms with van der Waals surface area (Å²) in [5, 5.41) is 3.34. The number of thioether (sulfide) groups is 1. The number of hydrogen-bond donors (Lipinski definition) is 1. The van der Waals surface area contributed by atoms with Crippen molar-refractivity contribution in [2.45, 2.75) is 38.1 Å². The van der Waals surface area contributed by atoms with Gasteiger partial charge in [-0.15, -0.1) is 0 Å². The van der Waals surface area contributed by atoms with E-state index in [2.05, 4.69) is 12.2 Å². The molecule has 0 radical (unpaired) electrons. The van der Waals surface area contributed by atoms with Crippen LogP contribution in [0, 0.1) is 11.8 Å². The Morgan fingerprint density at radius 1 is 1.25 bits per heavy atom. The Hall–Kier alpha value is 0.100. The minimum Gasteiger partial charge on any atom is -0.316 e. The first kappa shape index (κ1) is 14.2. The predicted octanol–water partition coefficient (Wildman–Crippen LogP) is 3.66.